The predicted molar refractivity (Wildman–Crippen MR) is 92.5 cm³/mol. The van der Waals surface area contributed by atoms with Gasteiger partial charge in [0.05, 0.1) is 0 Å². The SMILES string of the molecule is C=CCc1cc(CNC(C)=O)ccc1OCC(O)CNC(C)C. The number of aliphatic hydroxyl groups is 1. The lowest BCUT2D eigenvalue weighted by Crippen LogP contribution is -2.35. The molecule has 5 heteroatoms. The highest BCUT2D eigenvalue weighted by Gasteiger charge is 2.09. The fraction of sp³-hybridized carbons (Fsp3) is 0.500. The summed E-state index contributed by atoms with van der Waals surface area (Å²) < 4.78 is 5.74. The second-order valence-electron chi connectivity index (χ2n) is 5.87. The van der Waals surface area contributed by atoms with Crippen molar-refractivity contribution >= 4 is 5.91 Å². The van der Waals surface area contributed by atoms with Crippen molar-refractivity contribution in [3.05, 3.63) is 42.0 Å². The van der Waals surface area contributed by atoms with Crippen LogP contribution < -0.4 is 15.4 Å². The molecule has 0 aliphatic rings. The second kappa shape index (κ2) is 10.0. The van der Waals surface area contributed by atoms with E-state index in [1.54, 1.807) is 6.08 Å². The van der Waals surface area contributed by atoms with Crippen molar-refractivity contribution in [2.75, 3.05) is 13.2 Å². The molecule has 0 bridgehead atoms. The topological polar surface area (TPSA) is 70.6 Å². The number of aliphatic hydroxyl groups excluding tert-OH is 1. The van der Waals surface area contributed by atoms with Crippen LogP contribution in [-0.2, 0) is 17.8 Å². The van der Waals surface area contributed by atoms with Crippen LogP contribution in [0.1, 0.15) is 31.9 Å². The lowest BCUT2D eigenvalue weighted by atomic mass is 10.1. The molecule has 23 heavy (non-hydrogen) atoms. The molecule has 1 atom stereocenters. The van der Waals surface area contributed by atoms with Gasteiger partial charge in [0, 0.05) is 26.1 Å². The molecule has 0 saturated carbocycles. The summed E-state index contributed by atoms with van der Waals surface area (Å²) in [6.07, 6.45) is 1.91. The van der Waals surface area contributed by atoms with Crippen LogP contribution in [0.2, 0.25) is 0 Å². The number of nitrogens with one attached hydrogen (secondary N) is 2. The van der Waals surface area contributed by atoms with Gasteiger partial charge in [-0.3, -0.25) is 4.79 Å². The first-order valence-corrected chi connectivity index (χ1v) is 7.93. The lowest BCUT2D eigenvalue weighted by Gasteiger charge is -2.17. The van der Waals surface area contributed by atoms with Crippen molar-refractivity contribution in [3.8, 4) is 5.75 Å². The third-order valence-electron chi connectivity index (χ3n) is 3.22. The Morgan fingerprint density at radius 1 is 1.43 bits per heavy atom. The normalized spacial score (nSPS) is 12.0. The van der Waals surface area contributed by atoms with Crippen molar-refractivity contribution < 1.29 is 14.6 Å². The van der Waals surface area contributed by atoms with Crippen LogP contribution in [0, 0.1) is 0 Å². The van der Waals surface area contributed by atoms with Gasteiger partial charge in [-0.05, 0) is 23.6 Å². The number of rotatable bonds is 10. The van der Waals surface area contributed by atoms with E-state index in [1.165, 1.54) is 6.92 Å². The zero-order chi connectivity index (χ0) is 17.2. The van der Waals surface area contributed by atoms with Crippen molar-refractivity contribution in [2.24, 2.45) is 0 Å². The maximum Gasteiger partial charge on any atom is 0.217 e. The van der Waals surface area contributed by atoms with Crippen molar-refractivity contribution in [1.29, 1.82) is 0 Å². The molecule has 0 saturated heterocycles. The fourth-order valence-corrected chi connectivity index (χ4v) is 2.04. The van der Waals surface area contributed by atoms with E-state index in [1.807, 2.05) is 32.0 Å². The Morgan fingerprint density at radius 3 is 2.78 bits per heavy atom. The van der Waals surface area contributed by atoms with E-state index in [9.17, 15) is 9.90 Å². The highest BCUT2D eigenvalue weighted by molar-refractivity contribution is 5.72. The quantitative estimate of drug-likeness (QED) is 0.575. The molecule has 1 aromatic carbocycles. The minimum absolute atomic E-state index is 0.0589. The molecule has 1 rings (SSSR count). The number of ether oxygens (including phenoxy) is 1. The number of amides is 1. The third-order valence-corrected chi connectivity index (χ3v) is 3.22. The summed E-state index contributed by atoms with van der Waals surface area (Å²) in [7, 11) is 0. The van der Waals surface area contributed by atoms with Gasteiger partial charge < -0.3 is 20.5 Å². The van der Waals surface area contributed by atoms with E-state index in [0.717, 1.165) is 16.9 Å². The zero-order valence-corrected chi connectivity index (χ0v) is 14.3. The van der Waals surface area contributed by atoms with Crippen molar-refractivity contribution in [3.63, 3.8) is 0 Å². The van der Waals surface area contributed by atoms with Crippen molar-refractivity contribution in [2.45, 2.75) is 45.9 Å². The van der Waals surface area contributed by atoms with E-state index in [0.29, 0.717) is 25.6 Å². The lowest BCUT2D eigenvalue weighted by molar-refractivity contribution is -0.119. The summed E-state index contributed by atoms with van der Waals surface area (Å²) in [6, 6.07) is 6.11. The number of benzene rings is 1. The fourth-order valence-electron chi connectivity index (χ4n) is 2.04. The number of carbonyl (C=O) groups excluding carboxylic acids is 1. The van der Waals surface area contributed by atoms with Crippen LogP contribution in [0.25, 0.3) is 0 Å². The summed E-state index contributed by atoms with van der Waals surface area (Å²) in [5.74, 6) is 0.677. The molecule has 1 aromatic rings. The average molecular weight is 320 g/mol. The minimum atomic E-state index is -0.562. The highest BCUT2D eigenvalue weighted by Crippen LogP contribution is 2.21. The van der Waals surface area contributed by atoms with Crippen LogP contribution in [-0.4, -0.2) is 36.3 Å². The van der Waals surface area contributed by atoms with Crippen LogP contribution >= 0.6 is 0 Å². The van der Waals surface area contributed by atoms with E-state index in [2.05, 4.69) is 17.2 Å². The Balaban J connectivity index is 2.65. The summed E-state index contributed by atoms with van der Waals surface area (Å²) in [5, 5.41) is 15.9. The molecule has 3 N–H and O–H groups in total. The molecule has 0 aliphatic carbocycles. The molecule has 5 nitrogen and oxygen atoms in total. The van der Waals surface area contributed by atoms with Crippen LogP contribution in [0.4, 0.5) is 0 Å². The molecular formula is C18H28N2O3. The second-order valence-corrected chi connectivity index (χ2v) is 5.87. The third kappa shape index (κ3) is 7.81. The molecule has 1 unspecified atom stereocenters. The summed E-state index contributed by atoms with van der Waals surface area (Å²) in [4.78, 5) is 11.0. The molecule has 0 aliphatic heterocycles. The van der Waals surface area contributed by atoms with E-state index in [-0.39, 0.29) is 12.5 Å². The molecular weight excluding hydrogens is 292 g/mol. The maximum atomic E-state index is 11.0. The predicted octanol–water partition coefficient (Wildman–Crippen LogP) is 1.79. The average Bonchev–Trinajstić information content (AvgIpc) is 2.50. The summed E-state index contributed by atoms with van der Waals surface area (Å²) in [6.45, 7) is 10.5. The first-order valence-electron chi connectivity index (χ1n) is 7.93. The van der Waals surface area contributed by atoms with Crippen molar-refractivity contribution in [1.82, 2.24) is 10.6 Å². The molecule has 0 fully saturated rings. The monoisotopic (exact) mass is 320 g/mol. The van der Waals surface area contributed by atoms with Crippen LogP contribution in [0.5, 0.6) is 5.75 Å². The molecule has 0 radical (unpaired) electrons. The molecule has 1 amide bonds. The van der Waals surface area contributed by atoms with Gasteiger partial charge in [0.25, 0.3) is 0 Å². The first kappa shape index (κ1) is 19.2. The van der Waals surface area contributed by atoms with E-state index >= 15 is 0 Å². The summed E-state index contributed by atoms with van der Waals surface area (Å²) >= 11 is 0. The van der Waals surface area contributed by atoms with Gasteiger partial charge in [-0.2, -0.15) is 0 Å². The Hall–Kier alpha value is -1.85. The molecule has 0 spiro atoms. The maximum absolute atomic E-state index is 11.0. The Kier molecular flexibility index (Phi) is 8.37. The van der Waals surface area contributed by atoms with E-state index < -0.39 is 6.10 Å². The van der Waals surface area contributed by atoms with Gasteiger partial charge in [0.15, 0.2) is 0 Å². The molecule has 128 valence electrons. The Labute approximate surface area is 138 Å². The number of allylic oxidation sites excluding steroid dienone is 1. The van der Waals surface area contributed by atoms with Gasteiger partial charge in [0.1, 0.15) is 18.5 Å². The zero-order valence-electron chi connectivity index (χ0n) is 14.3. The summed E-state index contributed by atoms with van der Waals surface area (Å²) in [5.41, 5.74) is 2.00. The Bertz CT molecular complexity index is 515. The number of carbonyl (C=O) groups is 1. The van der Waals surface area contributed by atoms with Gasteiger partial charge in [-0.25, -0.2) is 0 Å². The molecule has 0 aromatic heterocycles. The first-order chi connectivity index (χ1) is 10.9. The van der Waals surface area contributed by atoms with Crippen LogP contribution in [0.15, 0.2) is 30.9 Å². The number of hydrogen-bond donors (Lipinski definition) is 3. The highest BCUT2D eigenvalue weighted by atomic mass is 16.5. The molecule has 0 heterocycles. The van der Waals surface area contributed by atoms with Gasteiger partial charge in [-0.15, -0.1) is 6.58 Å². The van der Waals surface area contributed by atoms with Gasteiger partial charge >= 0.3 is 0 Å². The van der Waals surface area contributed by atoms with Crippen LogP contribution in [0.3, 0.4) is 0 Å². The minimum Gasteiger partial charge on any atom is -0.491 e. The van der Waals surface area contributed by atoms with Gasteiger partial charge in [-0.1, -0.05) is 32.1 Å². The largest absolute Gasteiger partial charge is 0.491 e. The standard InChI is InChI=1S/C18H28N2O3/c1-5-6-16-9-15(10-20-14(4)21)7-8-18(16)23-12-17(22)11-19-13(2)3/h5,7-9,13,17,19,22H,1,6,10-12H2,2-4H3,(H,20,21). The Morgan fingerprint density at radius 2 is 2.17 bits per heavy atom. The van der Waals surface area contributed by atoms with E-state index in [4.69, 9.17) is 4.74 Å². The number of hydrogen-bond acceptors (Lipinski definition) is 4. The van der Waals surface area contributed by atoms with Gasteiger partial charge in [0.2, 0.25) is 5.91 Å². The smallest absolute Gasteiger partial charge is 0.217 e.